The number of aromatic nitrogens is 5. The molecule has 3 heterocycles. The lowest BCUT2D eigenvalue weighted by molar-refractivity contribution is 0.268. The highest BCUT2D eigenvalue weighted by molar-refractivity contribution is 5.56. The summed E-state index contributed by atoms with van der Waals surface area (Å²) in [4.78, 5) is 20.7. The molecule has 3 aromatic heterocycles. The van der Waals surface area contributed by atoms with Crippen LogP contribution in [0.4, 0.5) is 0 Å². The van der Waals surface area contributed by atoms with Gasteiger partial charge in [-0.05, 0) is 43.9 Å². The SMILES string of the molecule is Cn1cncc1CNC1CCC(n2nc(-c3cccnc3)ccc2=O)CC1. The summed E-state index contributed by atoms with van der Waals surface area (Å²) in [6.45, 7) is 0.820. The lowest BCUT2D eigenvalue weighted by Gasteiger charge is -2.29. The van der Waals surface area contributed by atoms with Gasteiger partial charge < -0.3 is 9.88 Å². The number of aryl methyl sites for hydroxylation is 1. The average Bonchev–Trinajstić information content (AvgIpc) is 3.13. The smallest absolute Gasteiger partial charge is 0.267 e. The first-order valence-electron chi connectivity index (χ1n) is 9.39. The van der Waals surface area contributed by atoms with Crippen molar-refractivity contribution >= 4 is 0 Å². The van der Waals surface area contributed by atoms with E-state index in [0.29, 0.717) is 6.04 Å². The Labute approximate surface area is 158 Å². The van der Waals surface area contributed by atoms with Crippen LogP contribution in [0.5, 0.6) is 0 Å². The van der Waals surface area contributed by atoms with Gasteiger partial charge in [-0.3, -0.25) is 9.78 Å². The Balaban J connectivity index is 1.41. The molecule has 7 heteroatoms. The molecule has 4 rings (SSSR count). The Hall–Kier alpha value is -2.80. The summed E-state index contributed by atoms with van der Waals surface area (Å²) < 4.78 is 3.70. The van der Waals surface area contributed by atoms with Gasteiger partial charge in [-0.2, -0.15) is 5.10 Å². The first-order chi connectivity index (χ1) is 13.2. The third kappa shape index (κ3) is 3.98. The van der Waals surface area contributed by atoms with Crippen molar-refractivity contribution in [2.24, 2.45) is 7.05 Å². The van der Waals surface area contributed by atoms with E-state index < -0.39 is 0 Å². The Morgan fingerprint density at radius 3 is 2.67 bits per heavy atom. The number of pyridine rings is 1. The van der Waals surface area contributed by atoms with Crippen LogP contribution in [0, 0.1) is 0 Å². The van der Waals surface area contributed by atoms with E-state index in [1.165, 1.54) is 5.69 Å². The van der Waals surface area contributed by atoms with Crippen LogP contribution in [-0.2, 0) is 13.6 Å². The van der Waals surface area contributed by atoms with Gasteiger partial charge in [0.25, 0.3) is 5.56 Å². The highest BCUT2D eigenvalue weighted by Crippen LogP contribution is 2.27. The van der Waals surface area contributed by atoms with E-state index in [1.54, 1.807) is 29.2 Å². The van der Waals surface area contributed by atoms with Gasteiger partial charge in [-0.25, -0.2) is 9.67 Å². The van der Waals surface area contributed by atoms with E-state index in [4.69, 9.17) is 0 Å². The summed E-state index contributed by atoms with van der Waals surface area (Å²) in [6.07, 6.45) is 11.2. The van der Waals surface area contributed by atoms with Crippen LogP contribution in [-0.4, -0.2) is 30.4 Å². The van der Waals surface area contributed by atoms with E-state index in [0.717, 1.165) is 43.5 Å². The second-order valence-corrected chi connectivity index (χ2v) is 7.13. The van der Waals surface area contributed by atoms with Crippen molar-refractivity contribution < 1.29 is 0 Å². The van der Waals surface area contributed by atoms with E-state index in [9.17, 15) is 4.79 Å². The number of nitrogens with zero attached hydrogens (tertiary/aromatic N) is 5. The summed E-state index contributed by atoms with van der Waals surface area (Å²) in [7, 11) is 2.01. The van der Waals surface area contributed by atoms with Crippen LogP contribution < -0.4 is 10.9 Å². The van der Waals surface area contributed by atoms with Crippen LogP contribution in [0.1, 0.15) is 37.4 Å². The second kappa shape index (κ2) is 7.84. The molecule has 0 radical (unpaired) electrons. The van der Waals surface area contributed by atoms with Gasteiger partial charge in [-0.1, -0.05) is 0 Å². The maximum absolute atomic E-state index is 12.4. The summed E-state index contributed by atoms with van der Waals surface area (Å²) in [5, 5.41) is 8.23. The fraction of sp³-hybridized carbons (Fsp3) is 0.400. The molecular formula is C20H24N6O. The molecule has 0 unspecified atom stereocenters. The minimum absolute atomic E-state index is 0.0334. The van der Waals surface area contributed by atoms with Crippen molar-refractivity contribution in [3.63, 3.8) is 0 Å². The summed E-state index contributed by atoms with van der Waals surface area (Å²) in [5.41, 5.74) is 2.87. The molecule has 0 atom stereocenters. The molecule has 0 spiro atoms. The number of rotatable bonds is 5. The highest BCUT2D eigenvalue weighted by Gasteiger charge is 2.24. The highest BCUT2D eigenvalue weighted by atomic mass is 16.1. The fourth-order valence-electron chi connectivity index (χ4n) is 3.68. The normalized spacial score (nSPS) is 19.9. The Morgan fingerprint density at radius 1 is 1.11 bits per heavy atom. The molecule has 0 aliphatic heterocycles. The lowest BCUT2D eigenvalue weighted by Crippen LogP contribution is -2.36. The van der Waals surface area contributed by atoms with Crippen LogP contribution in [0.15, 0.2) is 54.0 Å². The van der Waals surface area contributed by atoms with Gasteiger partial charge in [0, 0.05) is 49.9 Å². The molecule has 7 nitrogen and oxygen atoms in total. The van der Waals surface area contributed by atoms with Gasteiger partial charge in [0.15, 0.2) is 0 Å². The molecule has 0 saturated heterocycles. The third-order valence-corrected chi connectivity index (χ3v) is 5.31. The zero-order valence-electron chi connectivity index (χ0n) is 15.5. The summed E-state index contributed by atoms with van der Waals surface area (Å²) >= 11 is 0. The van der Waals surface area contributed by atoms with Crippen molar-refractivity contribution in [2.45, 2.75) is 44.3 Å². The standard InChI is InChI=1S/C20H24N6O/c1-25-14-22-12-18(25)13-23-16-4-6-17(7-5-16)26-20(27)9-8-19(24-26)15-3-2-10-21-11-15/h2-3,8-12,14,16-17,23H,4-7,13H2,1H3. The predicted molar refractivity (Wildman–Crippen MR) is 103 cm³/mol. The topological polar surface area (TPSA) is 77.6 Å². The lowest BCUT2D eigenvalue weighted by atomic mass is 9.91. The molecule has 1 aliphatic carbocycles. The van der Waals surface area contributed by atoms with Crippen LogP contribution >= 0.6 is 0 Å². The van der Waals surface area contributed by atoms with Gasteiger partial charge in [0.1, 0.15) is 0 Å². The Bertz CT molecular complexity index is 940. The molecule has 140 valence electrons. The van der Waals surface area contributed by atoms with Crippen molar-refractivity contribution in [3.8, 4) is 11.3 Å². The van der Waals surface area contributed by atoms with Gasteiger partial charge in [0.2, 0.25) is 0 Å². The maximum Gasteiger partial charge on any atom is 0.267 e. The second-order valence-electron chi connectivity index (χ2n) is 7.13. The molecular weight excluding hydrogens is 340 g/mol. The number of hydrogen-bond acceptors (Lipinski definition) is 5. The summed E-state index contributed by atoms with van der Waals surface area (Å²) in [5.74, 6) is 0. The average molecular weight is 364 g/mol. The molecule has 1 saturated carbocycles. The molecule has 1 aliphatic rings. The number of nitrogens with one attached hydrogen (secondary N) is 1. The molecule has 3 aromatic rings. The predicted octanol–water partition coefficient (Wildman–Crippen LogP) is 2.31. The van der Waals surface area contributed by atoms with Crippen molar-refractivity contribution in [1.29, 1.82) is 0 Å². The quantitative estimate of drug-likeness (QED) is 0.752. The van der Waals surface area contributed by atoms with Crippen molar-refractivity contribution in [1.82, 2.24) is 29.6 Å². The van der Waals surface area contributed by atoms with Gasteiger partial charge >= 0.3 is 0 Å². The fourth-order valence-corrected chi connectivity index (χ4v) is 3.68. The van der Waals surface area contributed by atoms with Crippen molar-refractivity contribution in [2.75, 3.05) is 0 Å². The zero-order chi connectivity index (χ0) is 18.6. The van der Waals surface area contributed by atoms with Crippen LogP contribution in [0.2, 0.25) is 0 Å². The van der Waals surface area contributed by atoms with E-state index in [-0.39, 0.29) is 11.6 Å². The van der Waals surface area contributed by atoms with E-state index in [1.807, 2.05) is 36.3 Å². The minimum Gasteiger partial charge on any atom is -0.337 e. The summed E-state index contributed by atoms with van der Waals surface area (Å²) in [6, 6.07) is 7.85. The Kier molecular flexibility index (Phi) is 5.11. The largest absolute Gasteiger partial charge is 0.337 e. The number of imidazole rings is 1. The third-order valence-electron chi connectivity index (χ3n) is 5.31. The molecule has 1 fully saturated rings. The van der Waals surface area contributed by atoms with Gasteiger partial charge in [-0.15, -0.1) is 0 Å². The number of hydrogen-bond donors (Lipinski definition) is 1. The molecule has 0 bridgehead atoms. The first kappa shape index (κ1) is 17.6. The van der Waals surface area contributed by atoms with Crippen LogP contribution in [0.3, 0.4) is 0 Å². The van der Waals surface area contributed by atoms with E-state index in [2.05, 4.69) is 20.4 Å². The van der Waals surface area contributed by atoms with E-state index >= 15 is 0 Å². The maximum atomic E-state index is 12.4. The molecule has 1 N–H and O–H groups in total. The molecule has 0 aromatic carbocycles. The monoisotopic (exact) mass is 364 g/mol. The van der Waals surface area contributed by atoms with Gasteiger partial charge in [0.05, 0.1) is 23.8 Å². The van der Waals surface area contributed by atoms with Crippen LogP contribution in [0.25, 0.3) is 11.3 Å². The van der Waals surface area contributed by atoms with Crippen molar-refractivity contribution in [3.05, 3.63) is 65.2 Å². The Morgan fingerprint density at radius 2 is 1.96 bits per heavy atom. The minimum atomic E-state index is -0.0334. The first-order valence-corrected chi connectivity index (χ1v) is 9.39. The molecule has 0 amide bonds. The molecule has 27 heavy (non-hydrogen) atoms. The zero-order valence-corrected chi connectivity index (χ0v) is 15.5.